The quantitative estimate of drug-likeness (QED) is 0.276. The molecule has 4 rings (SSSR count). The number of amides is 1. The van der Waals surface area contributed by atoms with Crippen LogP contribution in [0.2, 0.25) is 0 Å². The van der Waals surface area contributed by atoms with Crippen molar-refractivity contribution in [2.45, 2.75) is 19.8 Å². The molecule has 2 aromatic carbocycles. The van der Waals surface area contributed by atoms with Crippen molar-refractivity contribution >= 4 is 46.1 Å². The lowest BCUT2D eigenvalue weighted by Gasteiger charge is -2.18. The van der Waals surface area contributed by atoms with Gasteiger partial charge in [0.1, 0.15) is 21.8 Å². The summed E-state index contributed by atoms with van der Waals surface area (Å²) in [4.78, 5) is 28.4. The van der Waals surface area contributed by atoms with Crippen LogP contribution in [-0.4, -0.2) is 47.0 Å². The fourth-order valence-electron chi connectivity index (χ4n) is 4.52. The number of nitriles is 1. The lowest BCUT2D eigenvalue weighted by atomic mass is 10.0. The minimum Gasteiger partial charge on any atom is -0.493 e. The summed E-state index contributed by atoms with van der Waals surface area (Å²) in [6, 6.07) is 17.7. The van der Waals surface area contributed by atoms with E-state index in [4.69, 9.17) is 21.7 Å². The number of anilines is 1. The van der Waals surface area contributed by atoms with Crippen LogP contribution in [0.15, 0.2) is 58.2 Å². The van der Waals surface area contributed by atoms with Gasteiger partial charge in [0.05, 0.1) is 19.1 Å². The van der Waals surface area contributed by atoms with Gasteiger partial charge >= 0.3 is 0 Å². The molecule has 0 atom stereocenters. The van der Waals surface area contributed by atoms with Crippen molar-refractivity contribution in [3.8, 4) is 17.6 Å². The van der Waals surface area contributed by atoms with Crippen molar-refractivity contribution in [1.82, 2.24) is 9.47 Å². The number of ether oxygens (including phenoxy) is 2. The third kappa shape index (κ3) is 6.06. The van der Waals surface area contributed by atoms with Crippen LogP contribution >= 0.6 is 24.0 Å². The summed E-state index contributed by atoms with van der Waals surface area (Å²) in [5, 5.41) is 13.0. The van der Waals surface area contributed by atoms with Gasteiger partial charge in [0, 0.05) is 25.7 Å². The molecule has 206 valence electrons. The van der Waals surface area contributed by atoms with Gasteiger partial charge in [0.15, 0.2) is 11.5 Å². The van der Waals surface area contributed by atoms with Crippen LogP contribution in [-0.2, 0) is 24.7 Å². The number of nitrogens with zero attached hydrogens (tertiary/aromatic N) is 3. The summed E-state index contributed by atoms with van der Waals surface area (Å²) in [6.45, 7) is 2.69. The highest BCUT2D eigenvalue weighted by atomic mass is 32.2. The van der Waals surface area contributed by atoms with E-state index in [1.807, 2.05) is 54.6 Å². The highest BCUT2D eigenvalue weighted by molar-refractivity contribution is 8.26. The van der Waals surface area contributed by atoms with Gasteiger partial charge < -0.3 is 14.8 Å². The first kappa shape index (κ1) is 28.9. The first-order chi connectivity index (χ1) is 19.3. The fraction of sp³-hybridized carbons (Fsp3) is 0.267. The minimum absolute atomic E-state index is 0.0475. The molecule has 1 aliphatic heterocycles. The molecule has 10 heteroatoms. The molecule has 1 aliphatic rings. The average Bonchev–Trinajstić information content (AvgIpc) is 3.24. The number of thioether (sulfide) groups is 1. The van der Waals surface area contributed by atoms with Gasteiger partial charge in [0.2, 0.25) is 0 Å². The lowest BCUT2D eigenvalue weighted by Crippen LogP contribution is -2.30. The molecule has 1 fully saturated rings. The first-order valence-corrected chi connectivity index (χ1v) is 13.9. The Morgan fingerprint density at radius 2 is 1.77 bits per heavy atom. The predicted molar refractivity (Wildman–Crippen MR) is 163 cm³/mol. The largest absolute Gasteiger partial charge is 0.493 e. The van der Waals surface area contributed by atoms with Crippen molar-refractivity contribution < 1.29 is 14.3 Å². The number of aromatic nitrogens is 1. The van der Waals surface area contributed by atoms with Crippen molar-refractivity contribution in [1.29, 1.82) is 5.26 Å². The summed E-state index contributed by atoms with van der Waals surface area (Å²) in [7, 11) is 4.79. The Morgan fingerprint density at radius 3 is 2.45 bits per heavy atom. The lowest BCUT2D eigenvalue weighted by molar-refractivity contribution is -0.122. The molecule has 0 unspecified atom stereocenters. The number of rotatable bonds is 10. The summed E-state index contributed by atoms with van der Waals surface area (Å²) >= 11 is 6.77. The Hall–Kier alpha value is -4.07. The Labute approximate surface area is 243 Å². The van der Waals surface area contributed by atoms with Gasteiger partial charge in [-0.15, -0.1) is 0 Å². The Balaban J connectivity index is 1.59. The highest BCUT2D eigenvalue weighted by Crippen LogP contribution is 2.35. The molecular formula is C30H30N4O4S2. The van der Waals surface area contributed by atoms with Gasteiger partial charge in [0.25, 0.3) is 11.5 Å². The van der Waals surface area contributed by atoms with Gasteiger partial charge in [-0.05, 0) is 54.7 Å². The summed E-state index contributed by atoms with van der Waals surface area (Å²) in [5.41, 5.74) is 2.93. The standard InChI is InChI=1S/C30H30N4O4S2/c1-19-22(27(33(2)28(35)23(19)18-31)32-14-12-20-8-6-5-7-9-20)17-26-29(36)34(30(39)40-26)15-13-21-10-11-24(37-3)25(16-21)38-4/h5-11,16-17,32H,12-15H2,1-4H3/b26-17+. The van der Waals surface area contributed by atoms with Crippen molar-refractivity contribution in [3.05, 3.63) is 91.6 Å². The van der Waals surface area contributed by atoms with E-state index in [1.165, 1.54) is 16.3 Å². The first-order valence-electron chi connectivity index (χ1n) is 12.7. The summed E-state index contributed by atoms with van der Waals surface area (Å²) in [5.74, 6) is 1.60. The smallest absolute Gasteiger partial charge is 0.270 e. The molecule has 8 nitrogen and oxygen atoms in total. The van der Waals surface area contributed by atoms with E-state index >= 15 is 0 Å². The van der Waals surface area contributed by atoms with E-state index in [9.17, 15) is 14.9 Å². The second-order valence-electron chi connectivity index (χ2n) is 9.17. The van der Waals surface area contributed by atoms with Crippen LogP contribution in [0.25, 0.3) is 6.08 Å². The van der Waals surface area contributed by atoms with Crippen molar-refractivity contribution in [2.75, 3.05) is 32.6 Å². The normalized spacial score (nSPS) is 14.0. The van der Waals surface area contributed by atoms with E-state index in [0.29, 0.717) is 57.2 Å². The van der Waals surface area contributed by atoms with E-state index in [0.717, 1.165) is 17.5 Å². The molecule has 0 radical (unpaired) electrons. The number of hydrogen-bond donors (Lipinski definition) is 1. The molecule has 0 bridgehead atoms. The van der Waals surface area contributed by atoms with Crippen LogP contribution in [0.3, 0.4) is 0 Å². The number of thiocarbonyl (C=S) groups is 1. The van der Waals surface area contributed by atoms with Crippen LogP contribution in [0.1, 0.15) is 27.8 Å². The average molecular weight is 575 g/mol. The van der Waals surface area contributed by atoms with E-state index in [-0.39, 0.29) is 17.0 Å². The summed E-state index contributed by atoms with van der Waals surface area (Å²) in [6.07, 6.45) is 3.05. The fourth-order valence-corrected chi connectivity index (χ4v) is 5.81. The molecule has 0 aliphatic carbocycles. The van der Waals surface area contributed by atoms with E-state index in [1.54, 1.807) is 39.2 Å². The van der Waals surface area contributed by atoms with Crippen molar-refractivity contribution in [2.24, 2.45) is 7.05 Å². The third-order valence-corrected chi connectivity index (χ3v) is 8.15. The molecule has 2 heterocycles. The molecular weight excluding hydrogens is 544 g/mol. The second-order valence-corrected chi connectivity index (χ2v) is 10.8. The maximum absolute atomic E-state index is 13.4. The summed E-state index contributed by atoms with van der Waals surface area (Å²) < 4.78 is 12.6. The van der Waals surface area contributed by atoms with E-state index in [2.05, 4.69) is 5.32 Å². The Kier molecular flexibility index (Phi) is 9.30. The number of carbonyl (C=O) groups excluding carboxylic acids is 1. The number of hydrogen-bond acceptors (Lipinski definition) is 8. The van der Waals surface area contributed by atoms with Crippen LogP contribution < -0.4 is 20.3 Å². The number of pyridine rings is 1. The zero-order chi connectivity index (χ0) is 28.8. The number of methoxy groups -OCH3 is 2. The molecule has 40 heavy (non-hydrogen) atoms. The van der Waals surface area contributed by atoms with Crippen LogP contribution in [0.4, 0.5) is 5.82 Å². The topological polar surface area (TPSA) is 96.6 Å². The Morgan fingerprint density at radius 1 is 1.05 bits per heavy atom. The monoisotopic (exact) mass is 574 g/mol. The predicted octanol–water partition coefficient (Wildman–Crippen LogP) is 4.68. The number of benzene rings is 2. The third-order valence-electron chi connectivity index (χ3n) is 6.77. The molecule has 0 saturated carbocycles. The van der Waals surface area contributed by atoms with Gasteiger partial charge in [-0.25, -0.2) is 0 Å². The zero-order valence-corrected chi connectivity index (χ0v) is 24.4. The molecule has 1 amide bonds. The number of carbonyl (C=O) groups is 1. The van der Waals surface area contributed by atoms with Gasteiger partial charge in [-0.1, -0.05) is 60.4 Å². The second kappa shape index (κ2) is 12.9. The van der Waals surface area contributed by atoms with E-state index < -0.39 is 0 Å². The molecule has 1 saturated heterocycles. The van der Waals surface area contributed by atoms with Crippen LogP contribution in [0.5, 0.6) is 11.5 Å². The Bertz CT molecular complexity index is 1580. The van der Waals surface area contributed by atoms with Gasteiger partial charge in [-0.3, -0.25) is 19.1 Å². The van der Waals surface area contributed by atoms with Crippen molar-refractivity contribution in [3.63, 3.8) is 0 Å². The van der Waals surface area contributed by atoms with Crippen LogP contribution in [0, 0.1) is 18.3 Å². The maximum atomic E-state index is 13.4. The molecule has 1 N–H and O–H groups in total. The highest BCUT2D eigenvalue weighted by Gasteiger charge is 2.32. The minimum atomic E-state index is -0.387. The zero-order valence-electron chi connectivity index (χ0n) is 22.8. The maximum Gasteiger partial charge on any atom is 0.270 e. The molecule has 0 spiro atoms. The molecule has 1 aromatic heterocycles. The number of nitrogens with one attached hydrogen (secondary N) is 1. The molecule has 3 aromatic rings. The van der Waals surface area contributed by atoms with Gasteiger partial charge in [-0.2, -0.15) is 5.26 Å². The SMILES string of the molecule is COc1ccc(CCN2C(=O)/C(=C\c3c(C)c(C#N)c(=O)n(C)c3NCCc3ccccc3)SC2=S)cc1OC.